The lowest BCUT2D eigenvalue weighted by atomic mass is 10.0. The summed E-state index contributed by atoms with van der Waals surface area (Å²) in [5, 5.41) is 10.4. The van der Waals surface area contributed by atoms with Crippen molar-refractivity contribution in [2.75, 3.05) is 6.61 Å². The molecule has 4 nitrogen and oxygen atoms in total. The molecule has 2 atom stereocenters. The van der Waals surface area contributed by atoms with Gasteiger partial charge in [-0.25, -0.2) is 0 Å². The normalized spacial score (nSPS) is 18.4. The van der Waals surface area contributed by atoms with E-state index in [9.17, 15) is 9.90 Å². The summed E-state index contributed by atoms with van der Waals surface area (Å²) in [6, 6.07) is 11.8. The fourth-order valence-corrected chi connectivity index (χ4v) is 3.38. The minimum Gasteiger partial charge on any atom is -0.507 e. The molecule has 0 aliphatic carbocycles. The molecule has 2 aromatic carbocycles. The average Bonchev–Trinajstić information content (AvgIpc) is 3.43. The molecule has 1 heterocycles. The number of epoxide rings is 1. The molecule has 28 heavy (non-hydrogen) atoms. The summed E-state index contributed by atoms with van der Waals surface area (Å²) in [5.74, 6) is 0.560. The van der Waals surface area contributed by atoms with Gasteiger partial charge in [-0.3, -0.25) is 4.79 Å². The van der Waals surface area contributed by atoms with Gasteiger partial charge in [0.1, 0.15) is 23.7 Å². The molecular formula is C24H28O4. The zero-order valence-corrected chi connectivity index (χ0v) is 16.8. The van der Waals surface area contributed by atoms with Gasteiger partial charge in [0.15, 0.2) is 5.78 Å². The minimum atomic E-state index is -0.142. The molecule has 0 radical (unpaired) electrons. The molecule has 3 rings (SSSR count). The number of hydrogen-bond acceptors (Lipinski definition) is 4. The third-order valence-corrected chi connectivity index (χ3v) is 4.88. The van der Waals surface area contributed by atoms with E-state index in [1.165, 1.54) is 18.1 Å². The molecule has 1 aliphatic heterocycles. The monoisotopic (exact) mass is 380 g/mol. The first kappa shape index (κ1) is 20.2. The molecule has 0 amide bonds. The van der Waals surface area contributed by atoms with E-state index in [-0.39, 0.29) is 23.7 Å². The second kappa shape index (κ2) is 9.07. The third-order valence-electron chi connectivity index (χ3n) is 4.88. The summed E-state index contributed by atoms with van der Waals surface area (Å²) < 4.78 is 11.6. The number of benzene rings is 2. The van der Waals surface area contributed by atoms with Crippen LogP contribution in [0.4, 0.5) is 0 Å². The number of ketones is 1. The Kier molecular flexibility index (Phi) is 6.53. The molecule has 0 spiro atoms. The van der Waals surface area contributed by atoms with Crippen molar-refractivity contribution in [1.29, 1.82) is 0 Å². The van der Waals surface area contributed by atoms with Crippen molar-refractivity contribution >= 4 is 5.78 Å². The summed E-state index contributed by atoms with van der Waals surface area (Å²) in [4.78, 5) is 11.6. The number of phenols is 1. The van der Waals surface area contributed by atoms with Crippen LogP contribution in [0.2, 0.25) is 0 Å². The number of aryl methyl sites for hydroxylation is 1. The van der Waals surface area contributed by atoms with Gasteiger partial charge in [-0.05, 0) is 44.4 Å². The molecule has 1 fully saturated rings. The second-order valence-corrected chi connectivity index (χ2v) is 7.25. The predicted octanol–water partition coefficient (Wildman–Crippen LogP) is 5.32. The van der Waals surface area contributed by atoms with Crippen LogP contribution in [0, 0.1) is 6.92 Å². The van der Waals surface area contributed by atoms with Gasteiger partial charge in [0.2, 0.25) is 0 Å². The Morgan fingerprint density at radius 3 is 2.82 bits per heavy atom. The zero-order chi connectivity index (χ0) is 20.1. The van der Waals surface area contributed by atoms with E-state index < -0.39 is 0 Å². The van der Waals surface area contributed by atoms with Crippen LogP contribution in [0.1, 0.15) is 59.8 Å². The summed E-state index contributed by atoms with van der Waals surface area (Å²) in [7, 11) is 0. The van der Waals surface area contributed by atoms with Gasteiger partial charge in [-0.1, -0.05) is 55.3 Å². The quantitative estimate of drug-likeness (QED) is 0.277. The Morgan fingerprint density at radius 2 is 2.11 bits per heavy atom. The summed E-state index contributed by atoms with van der Waals surface area (Å²) in [6.45, 7) is 6.09. The number of carbonyl (C=O) groups excluding carboxylic acids is 1. The zero-order valence-electron chi connectivity index (χ0n) is 16.8. The maximum absolute atomic E-state index is 11.6. The lowest BCUT2D eigenvalue weighted by Gasteiger charge is -2.14. The Bertz CT molecular complexity index is 869. The van der Waals surface area contributed by atoms with Crippen molar-refractivity contribution in [2.24, 2.45) is 0 Å². The summed E-state index contributed by atoms with van der Waals surface area (Å²) >= 11 is 0. The van der Waals surface area contributed by atoms with Crippen LogP contribution in [0.5, 0.6) is 11.5 Å². The van der Waals surface area contributed by atoms with E-state index >= 15 is 0 Å². The van der Waals surface area contributed by atoms with Gasteiger partial charge in [-0.15, -0.1) is 0 Å². The molecule has 4 heteroatoms. The van der Waals surface area contributed by atoms with Crippen LogP contribution >= 0.6 is 0 Å². The van der Waals surface area contributed by atoms with Crippen molar-refractivity contribution in [1.82, 2.24) is 0 Å². The summed E-state index contributed by atoms with van der Waals surface area (Å²) in [6.07, 6.45) is 6.74. The van der Waals surface area contributed by atoms with Crippen molar-refractivity contribution in [3.05, 3.63) is 70.8 Å². The van der Waals surface area contributed by atoms with Crippen molar-refractivity contribution < 1.29 is 19.4 Å². The highest BCUT2D eigenvalue weighted by atomic mass is 16.6. The number of phenolic OH excluding ortho intramolecular Hbond substituents is 1. The molecule has 2 aromatic rings. The minimum absolute atomic E-state index is 0.0507. The number of ether oxygens (including phenoxy) is 2. The molecule has 0 bridgehead atoms. The van der Waals surface area contributed by atoms with Crippen LogP contribution in [-0.4, -0.2) is 23.6 Å². The fraction of sp³-hybridized carbons (Fsp3) is 0.375. The average molecular weight is 380 g/mol. The molecule has 0 unspecified atom stereocenters. The van der Waals surface area contributed by atoms with E-state index in [0.717, 1.165) is 12.8 Å². The van der Waals surface area contributed by atoms with E-state index in [1.807, 2.05) is 6.92 Å². The van der Waals surface area contributed by atoms with Crippen molar-refractivity contribution in [3.63, 3.8) is 0 Å². The van der Waals surface area contributed by atoms with Crippen LogP contribution < -0.4 is 4.74 Å². The van der Waals surface area contributed by atoms with Crippen LogP contribution in [-0.2, 0) is 11.2 Å². The molecular weight excluding hydrogens is 352 g/mol. The number of Topliss-reactive ketones (excluding diaryl/α,β-unsaturated/α-hetero) is 1. The Labute approximate surface area is 166 Å². The standard InChI is InChI=1S/C24H28O4/c1-4-8-20-21(13-12-19(17(3)25)23(20)26)27-14-6-5-11-22-24(28-22)18-10-7-9-16(2)15-18/h5,7,9-13,15,22,24,26H,4,6,8,14H2,1-3H3/t22-,24-/m1/s1. The van der Waals surface area contributed by atoms with Gasteiger partial charge in [0.05, 0.1) is 12.2 Å². The van der Waals surface area contributed by atoms with Crippen molar-refractivity contribution in [2.45, 2.75) is 52.2 Å². The smallest absolute Gasteiger partial charge is 0.163 e. The molecule has 1 aliphatic rings. The highest BCUT2D eigenvalue weighted by Gasteiger charge is 2.37. The van der Waals surface area contributed by atoms with Gasteiger partial charge >= 0.3 is 0 Å². The molecule has 0 saturated carbocycles. The van der Waals surface area contributed by atoms with Crippen LogP contribution in [0.15, 0.2) is 48.6 Å². The Morgan fingerprint density at radius 1 is 1.29 bits per heavy atom. The van der Waals surface area contributed by atoms with Gasteiger partial charge < -0.3 is 14.6 Å². The highest BCUT2D eigenvalue weighted by Crippen LogP contribution is 2.39. The van der Waals surface area contributed by atoms with E-state index in [4.69, 9.17) is 9.47 Å². The SMILES string of the molecule is CCCc1c(OCCC=C[C@H]2O[C@@H]2c2cccc(C)c2)ccc(C(C)=O)c1O. The lowest BCUT2D eigenvalue weighted by Crippen LogP contribution is -2.03. The summed E-state index contributed by atoms with van der Waals surface area (Å²) in [5.41, 5.74) is 3.52. The highest BCUT2D eigenvalue weighted by molar-refractivity contribution is 5.97. The number of hydrogen-bond donors (Lipinski definition) is 1. The number of rotatable bonds is 9. The fourth-order valence-electron chi connectivity index (χ4n) is 3.38. The first-order valence-electron chi connectivity index (χ1n) is 9.88. The number of carbonyl (C=O) groups is 1. The molecule has 0 aromatic heterocycles. The van der Waals surface area contributed by atoms with Gasteiger partial charge in [0.25, 0.3) is 0 Å². The van der Waals surface area contributed by atoms with Crippen molar-refractivity contribution in [3.8, 4) is 11.5 Å². The largest absolute Gasteiger partial charge is 0.507 e. The topological polar surface area (TPSA) is 59.1 Å². The molecule has 1 N–H and O–H groups in total. The van der Waals surface area contributed by atoms with E-state index in [0.29, 0.717) is 29.9 Å². The number of aromatic hydroxyl groups is 1. The third kappa shape index (κ3) is 4.82. The maximum Gasteiger partial charge on any atom is 0.163 e. The van der Waals surface area contributed by atoms with E-state index in [2.05, 4.69) is 43.3 Å². The lowest BCUT2D eigenvalue weighted by molar-refractivity contribution is 0.101. The van der Waals surface area contributed by atoms with Crippen LogP contribution in [0.25, 0.3) is 0 Å². The van der Waals surface area contributed by atoms with Gasteiger partial charge in [-0.2, -0.15) is 0 Å². The first-order valence-corrected chi connectivity index (χ1v) is 9.88. The molecule has 148 valence electrons. The first-order chi connectivity index (χ1) is 13.5. The Balaban J connectivity index is 1.52. The predicted molar refractivity (Wildman–Crippen MR) is 110 cm³/mol. The van der Waals surface area contributed by atoms with E-state index in [1.54, 1.807) is 12.1 Å². The molecule has 1 saturated heterocycles. The second-order valence-electron chi connectivity index (χ2n) is 7.25. The maximum atomic E-state index is 11.6. The Hall–Kier alpha value is -2.59. The van der Waals surface area contributed by atoms with Gasteiger partial charge in [0, 0.05) is 5.56 Å². The van der Waals surface area contributed by atoms with Crippen LogP contribution in [0.3, 0.4) is 0 Å².